The maximum absolute atomic E-state index is 12.5. The molecular weight excluding hydrogens is 280 g/mol. The van der Waals surface area contributed by atoms with Gasteiger partial charge in [0, 0.05) is 32.7 Å². The summed E-state index contributed by atoms with van der Waals surface area (Å²) in [5, 5.41) is 3.30. The molecule has 0 radical (unpaired) electrons. The van der Waals surface area contributed by atoms with E-state index in [2.05, 4.69) is 24.1 Å². The van der Waals surface area contributed by atoms with Crippen LogP contribution < -0.4 is 5.32 Å². The fourth-order valence-corrected chi connectivity index (χ4v) is 3.24. The third kappa shape index (κ3) is 4.43. The summed E-state index contributed by atoms with van der Waals surface area (Å²) in [4.78, 5) is 30.7. The minimum Gasteiger partial charge on any atom is -0.339 e. The van der Waals surface area contributed by atoms with Crippen LogP contribution in [0.4, 0.5) is 0 Å². The van der Waals surface area contributed by atoms with Crippen LogP contribution in [0.15, 0.2) is 0 Å². The second kappa shape index (κ2) is 8.48. The number of hydrogen-bond donors (Lipinski definition) is 1. The van der Waals surface area contributed by atoms with E-state index in [0.29, 0.717) is 32.7 Å². The maximum Gasteiger partial charge on any atom is 0.236 e. The average molecular weight is 310 g/mol. The number of amides is 2. The predicted molar refractivity (Wildman–Crippen MR) is 86.5 cm³/mol. The monoisotopic (exact) mass is 310 g/mol. The third-order valence-electron chi connectivity index (χ3n) is 4.84. The lowest BCUT2D eigenvalue weighted by atomic mass is 9.98. The summed E-state index contributed by atoms with van der Waals surface area (Å²) < 4.78 is 0. The normalized spacial score (nSPS) is 23.0. The Balaban J connectivity index is 1.77. The van der Waals surface area contributed by atoms with Crippen LogP contribution >= 0.6 is 0 Å². The van der Waals surface area contributed by atoms with E-state index in [0.717, 1.165) is 39.0 Å². The van der Waals surface area contributed by atoms with Crippen molar-refractivity contribution in [3.63, 3.8) is 0 Å². The van der Waals surface area contributed by atoms with Crippen LogP contribution in [-0.2, 0) is 9.59 Å². The fourth-order valence-electron chi connectivity index (χ4n) is 3.24. The van der Waals surface area contributed by atoms with Gasteiger partial charge < -0.3 is 15.1 Å². The van der Waals surface area contributed by atoms with Crippen LogP contribution in [0.1, 0.15) is 26.7 Å². The second-order valence-corrected chi connectivity index (χ2v) is 6.21. The Kier molecular flexibility index (Phi) is 6.64. The van der Waals surface area contributed by atoms with Gasteiger partial charge in [0.1, 0.15) is 0 Å². The minimum absolute atomic E-state index is 0.131. The molecule has 0 saturated carbocycles. The molecule has 2 heterocycles. The Morgan fingerprint density at radius 2 is 1.73 bits per heavy atom. The predicted octanol–water partition coefficient (Wildman–Crippen LogP) is -0.00140. The minimum atomic E-state index is 0.131. The Bertz CT molecular complexity index is 370. The highest BCUT2D eigenvalue weighted by Crippen LogP contribution is 2.15. The van der Waals surface area contributed by atoms with Gasteiger partial charge in [0.15, 0.2) is 0 Å². The van der Waals surface area contributed by atoms with Crippen LogP contribution in [0.2, 0.25) is 0 Å². The third-order valence-corrected chi connectivity index (χ3v) is 4.84. The van der Waals surface area contributed by atoms with Gasteiger partial charge in [-0.05, 0) is 32.5 Å². The zero-order chi connectivity index (χ0) is 15.9. The molecule has 0 aromatic heterocycles. The van der Waals surface area contributed by atoms with Crippen molar-refractivity contribution < 1.29 is 9.59 Å². The fraction of sp³-hybridized carbons (Fsp3) is 0.875. The quantitative estimate of drug-likeness (QED) is 0.776. The van der Waals surface area contributed by atoms with Crippen molar-refractivity contribution in [1.82, 2.24) is 20.0 Å². The summed E-state index contributed by atoms with van der Waals surface area (Å²) in [7, 11) is 0. The van der Waals surface area contributed by atoms with E-state index in [-0.39, 0.29) is 17.7 Å². The number of rotatable bonds is 5. The molecule has 0 aromatic carbocycles. The molecule has 0 aliphatic carbocycles. The van der Waals surface area contributed by atoms with Crippen molar-refractivity contribution in [2.45, 2.75) is 26.7 Å². The molecule has 2 amide bonds. The topological polar surface area (TPSA) is 55.9 Å². The molecule has 2 fully saturated rings. The van der Waals surface area contributed by atoms with Gasteiger partial charge in [-0.3, -0.25) is 14.5 Å². The van der Waals surface area contributed by atoms with Gasteiger partial charge in [-0.2, -0.15) is 0 Å². The Morgan fingerprint density at radius 1 is 1.09 bits per heavy atom. The summed E-state index contributed by atoms with van der Waals surface area (Å²) in [6.45, 7) is 11.0. The number of nitrogens with zero attached hydrogens (tertiary/aromatic N) is 3. The van der Waals surface area contributed by atoms with Gasteiger partial charge in [-0.25, -0.2) is 0 Å². The second-order valence-electron chi connectivity index (χ2n) is 6.21. The van der Waals surface area contributed by atoms with Crippen molar-refractivity contribution in [2.75, 3.05) is 58.9 Å². The van der Waals surface area contributed by atoms with Crippen LogP contribution in [0.5, 0.6) is 0 Å². The average Bonchev–Trinajstić information content (AvgIpc) is 2.59. The highest BCUT2D eigenvalue weighted by molar-refractivity contribution is 5.81. The van der Waals surface area contributed by atoms with Gasteiger partial charge in [0.25, 0.3) is 0 Å². The smallest absolute Gasteiger partial charge is 0.236 e. The Hall–Kier alpha value is -1.14. The van der Waals surface area contributed by atoms with Gasteiger partial charge in [-0.1, -0.05) is 13.8 Å². The first-order valence-electron chi connectivity index (χ1n) is 8.65. The largest absolute Gasteiger partial charge is 0.339 e. The number of piperazine rings is 1. The molecule has 0 spiro atoms. The SMILES string of the molecule is CCN(CC)CC(=O)N1CCN(C(=O)C2CCCNC2)CC1. The van der Waals surface area contributed by atoms with Crippen LogP contribution in [0.3, 0.4) is 0 Å². The number of nitrogens with one attached hydrogen (secondary N) is 1. The van der Waals surface area contributed by atoms with Gasteiger partial charge in [-0.15, -0.1) is 0 Å². The number of piperidine rings is 1. The van der Waals surface area contributed by atoms with E-state index in [1.165, 1.54) is 0 Å². The zero-order valence-electron chi connectivity index (χ0n) is 14.0. The molecule has 6 heteroatoms. The Labute approximate surface area is 133 Å². The summed E-state index contributed by atoms with van der Waals surface area (Å²) in [6, 6.07) is 0. The molecule has 1 atom stereocenters. The van der Waals surface area contributed by atoms with Crippen molar-refractivity contribution in [3.05, 3.63) is 0 Å². The van der Waals surface area contributed by atoms with E-state index in [4.69, 9.17) is 0 Å². The van der Waals surface area contributed by atoms with Gasteiger partial charge >= 0.3 is 0 Å². The molecule has 0 aromatic rings. The molecule has 2 rings (SSSR count). The molecule has 1 N–H and O–H groups in total. The lowest BCUT2D eigenvalue weighted by molar-refractivity contribution is -0.143. The van der Waals surface area contributed by atoms with Crippen LogP contribution in [-0.4, -0.2) is 85.4 Å². The molecule has 0 bridgehead atoms. The van der Waals surface area contributed by atoms with E-state index in [9.17, 15) is 9.59 Å². The van der Waals surface area contributed by atoms with E-state index < -0.39 is 0 Å². The first-order valence-corrected chi connectivity index (χ1v) is 8.65. The number of carbonyl (C=O) groups excluding carboxylic acids is 2. The number of likely N-dealkylation sites (N-methyl/N-ethyl adjacent to an activating group) is 1. The standard InChI is InChI=1S/C16H30N4O2/c1-3-18(4-2)13-15(21)19-8-10-20(11-9-19)16(22)14-6-5-7-17-12-14/h14,17H,3-13H2,1-2H3. The number of hydrogen-bond acceptors (Lipinski definition) is 4. The molecule has 126 valence electrons. The molecule has 2 saturated heterocycles. The molecule has 1 unspecified atom stereocenters. The summed E-state index contributed by atoms with van der Waals surface area (Å²) in [6.07, 6.45) is 2.08. The molecule has 22 heavy (non-hydrogen) atoms. The lowest BCUT2D eigenvalue weighted by Crippen LogP contribution is -2.54. The highest BCUT2D eigenvalue weighted by Gasteiger charge is 2.29. The van der Waals surface area contributed by atoms with E-state index in [1.54, 1.807) is 0 Å². The molecule has 6 nitrogen and oxygen atoms in total. The van der Waals surface area contributed by atoms with Crippen molar-refractivity contribution in [1.29, 1.82) is 0 Å². The van der Waals surface area contributed by atoms with Gasteiger partial charge in [0.2, 0.25) is 11.8 Å². The summed E-state index contributed by atoms with van der Waals surface area (Å²) in [5.74, 6) is 0.588. The van der Waals surface area contributed by atoms with Crippen LogP contribution in [0.25, 0.3) is 0 Å². The molecule has 2 aliphatic rings. The first-order chi connectivity index (χ1) is 10.7. The molecule has 2 aliphatic heterocycles. The number of carbonyl (C=O) groups is 2. The van der Waals surface area contributed by atoms with Crippen molar-refractivity contribution >= 4 is 11.8 Å². The van der Waals surface area contributed by atoms with Crippen molar-refractivity contribution in [3.8, 4) is 0 Å². The maximum atomic E-state index is 12.5. The summed E-state index contributed by atoms with van der Waals surface area (Å²) >= 11 is 0. The van der Waals surface area contributed by atoms with E-state index in [1.807, 2.05) is 9.80 Å². The Morgan fingerprint density at radius 3 is 2.27 bits per heavy atom. The lowest BCUT2D eigenvalue weighted by Gasteiger charge is -2.37. The first kappa shape index (κ1) is 17.2. The van der Waals surface area contributed by atoms with E-state index >= 15 is 0 Å². The van der Waals surface area contributed by atoms with Crippen molar-refractivity contribution in [2.24, 2.45) is 5.92 Å². The summed E-state index contributed by atoms with van der Waals surface area (Å²) in [5.41, 5.74) is 0. The zero-order valence-corrected chi connectivity index (χ0v) is 14.0. The van der Waals surface area contributed by atoms with Gasteiger partial charge in [0.05, 0.1) is 12.5 Å². The highest BCUT2D eigenvalue weighted by atomic mass is 16.2. The van der Waals surface area contributed by atoms with Crippen LogP contribution in [0, 0.1) is 5.92 Å². The molecular formula is C16H30N4O2.